The summed E-state index contributed by atoms with van der Waals surface area (Å²) in [5.74, 6) is 1.15. The van der Waals surface area contributed by atoms with Crippen LogP contribution in [0.3, 0.4) is 0 Å². The smallest absolute Gasteiger partial charge is 0.225 e. The van der Waals surface area contributed by atoms with Crippen molar-refractivity contribution in [1.29, 1.82) is 0 Å². The number of hydrogen-bond donors (Lipinski definition) is 2. The van der Waals surface area contributed by atoms with Crippen LogP contribution in [0.15, 0.2) is 18.5 Å². The molecular weight excluding hydrogens is 292 g/mol. The van der Waals surface area contributed by atoms with Crippen molar-refractivity contribution in [2.75, 3.05) is 24.5 Å². The molecule has 1 aliphatic carbocycles. The van der Waals surface area contributed by atoms with Crippen LogP contribution in [0.25, 0.3) is 0 Å². The van der Waals surface area contributed by atoms with E-state index in [-0.39, 0.29) is 12.3 Å². The van der Waals surface area contributed by atoms with Crippen molar-refractivity contribution in [3.05, 3.63) is 18.5 Å². The molecule has 6 heteroatoms. The maximum absolute atomic E-state index is 12.1. The first-order valence-electron chi connectivity index (χ1n) is 8.66. The summed E-state index contributed by atoms with van der Waals surface area (Å²) in [5, 5.41) is 13.3. The van der Waals surface area contributed by atoms with Gasteiger partial charge in [-0.2, -0.15) is 0 Å². The second-order valence-corrected chi connectivity index (χ2v) is 6.92. The van der Waals surface area contributed by atoms with E-state index in [0.29, 0.717) is 12.5 Å². The molecule has 1 aromatic heterocycles. The van der Waals surface area contributed by atoms with Gasteiger partial charge in [0.2, 0.25) is 11.9 Å². The molecule has 0 spiro atoms. The van der Waals surface area contributed by atoms with E-state index in [9.17, 15) is 9.90 Å². The zero-order valence-corrected chi connectivity index (χ0v) is 13.6. The summed E-state index contributed by atoms with van der Waals surface area (Å²) in [6, 6.07) is 1.82. The van der Waals surface area contributed by atoms with E-state index in [1.165, 1.54) is 0 Å². The number of anilines is 1. The SMILES string of the molecule is O=C(CC1(O)CCCC1)NCC1CCCN(c2ncccn2)C1. The van der Waals surface area contributed by atoms with Gasteiger partial charge in [0.1, 0.15) is 0 Å². The van der Waals surface area contributed by atoms with Gasteiger partial charge in [-0.05, 0) is 37.7 Å². The number of amides is 1. The van der Waals surface area contributed by atoms with Crippen molar-refractivity contribution in [2.24, 2.45) is 5.92 Å². The Morgan fingerprint density at radius 2 is 2.04 bits per heavy atom. The van der Waals surface area contributed by atoms with Gasteiger partial charge in [-0.3, -0.25) is 4.79 Å². The van der Waals surface area contributed by atoms with Crippen molar-refractivity contribution < 1.29 is 9.90 Å². The third-order valence-electron chi connectivity index (χ3n) is 4.97. The summed E-state index contributed by atoms with van der Waals surface area (Å²) in [6.45, 7) is 2.50. The molecule has 6 nitrogen and oxygen atoms in total. The van der Waals surface area contributed by atoms with Gasteiger partial charge in [-0.15, -0.1) is 0 Å². The van der Waals surface area contributed by atoms with Gasteiger partial charge in [0, 0.05) is 32.0 Å². The van der Waals surface area contributed by atoms with E-state index >= 15 is 0 Å². The average molecular weight is 318 g/mol. The van der Waals surface area contributed by atoms with E-state index in [0.717, 1.165) is 57.6 Å². The van der Waals surface area contributed by atoms with Crippen LogP contribution in [-0.4, -0.2) is 46.2 Å². The summed E-state index contributed by atoms with van der Waals surface area (Å²) < 4.78 is 0. The highest BCUT2D eigenvalue weighted by atomic mass is 16.3. The van der Waals surface area contributed by atoms with Crippen LogP contribution in [0, 0.1) is 5.92 Å². The second kappa shape index (κ2) is 7.25. The molecular formula is C17H26N4O2. The molecule has 0 bridgehead atoms. The lowest BCUT2D eigenvalue weighted by Crippen LogP contribution is -2.43. The van der Waals surface area contributed by atoms with Gasteiger partial charge >= 0.3 is 0 Å². The van der Waals surface area contributed by atoms with Crippen LogP contribution in [0.2, 0.25) is 0 Å². The summed E-state index contributed by atoms with van der Waals surface area (Å²) in [6.07, 6.45) is 9.51. The normalized spacial score (nSPS) is 23.7. The number of aliphatic hydroxyl groups is 1. The molecule has 0 aromatic carbocycles. The zero-order valence-electron chi connectivity index (χ0n) is 13.6. The standard InChI is InChI=1S/C17H26N4O2/c22-15(11-17(23)6-1-2-7-17)20-12-14-5-3-10-21(13-14)16-18-8-4-9-19-16/h4,8-9,14,23H,1-3,5-7,10-13H2,(H,20,22). The van der Waals surface area contributed by atoms with Crippen molar-refractivity contribution >= 4 is 11.9 Å². The summed E-state index contributed by atoms with van der Waals surface area (Å²) >= 11 is 0. The van der Waals surface area contributed by atoms with E-state index in [1.54, 1.807) is 12.4 Å². The quantitative estimate of drug-likeness (QED) is 0.860. The van der Waals surface area contributed by atoms with Gasteiger partial charge in [0.25, 0.3) is 0 Å². The highest BCUT2D eigenvalue weighted by molar-refractivity contribution is 5.77. The van der Waals surface area contributed by atoms with Crippen LogP contribution in [0.5, 0.6) is 0 Å². The topological polar surface area (TPSA) is 78.4 Å². The summed E-state index contributed by atoms with van der Waals surface area (Å²) in [4.78, 5) is 22.9. The first-order valence-corrected chi connectivity index (χ1v) is 8.66. The number of nitrogens with zero attached hydrogens (tertiary/aromatic N) is 3. The van der Waals surface area contributed by atoms with E-state index < -0.39 is 5.60 Å². The number of piperidine rings is 1. The van der Waals surface area contributed by atoms with E-state index in [2.05, 4.69) is 20.2 Å². The van der Waals surface area contributed by atoms with Crippen LogP contribution in [0.1, 0.15) is 44.9 Å². The largest absolute Gasteiger partial charge is 0.389 e. The lowest BCUT2D eigenvalue weighted by molar-refractivity contribution is -0.126. The van der Waals surface area contributed by atoms with Gasteiger partial charge in [-0.25, -0.2) is 9.97 Å². The third kappa shape index (κ3) is 4.41. The second-order valence-electron chi connectivity index (χ2n) is 6.92. The number of carbonyl (C=O) groups is 1. The fraction of sp³-hybridized carbons (Fsp3) is 0.706. The molecule has 2 fully saturated rings. The van der Waals surface area contributed by atoms with Crippen LogP contribution in [-0.2, 0) is 4.79 Å². The van der Waals surface area contributed by atoms with Crippen molar-refractivity contribution in [1.82, 2.24) is 15.3 Å². The number of rotatable bonds is 5. The molecule has 3 rings (SSSR count). The molecule has 1 saturated carbocycles. The number of carbonyl (C=O) groups excluding carboxylic acids is 1. The third-order valence-corrected chi connectivity index (χ3v) is 4.97. The van der Waals surface area contributed by atoms with Crippen LogP contribution >= 0.6 is 0 Å². The predicted molar refractivity (Wildman–Crippen MR) is 88.0 cm³/mol. The minimum absolute atomic E-state index is 0.0255. The zero-order chi connectivity index (χ0) is 16.1. The number of aromatic nitrogens is 2. The average Bonchev–Trinajstić information content (AvgIpc) is 3.00. The molecule has 1 saturated heterocycles. The molecule has 23 heavy (non-hydrogen) atoms. The molecule has 1 atom stereocenters. The minimum Gasteiger partial charge on any atom is -0.389 e. The van der Waals surface area contributed by atoms with Gasteiger partial charge in [0.05, 0.1) is 12.0 Å². The fourth-order valence-corrected chi connectivity index (χ4v) is 3.70. The van der Waals surface area contributed by atoms with Gasteiger partial charge in [0.15, 0.2) is 0 Å². The number of hydrogen-bond acceptors (Lipinski definition) is 5. The summed E-state index contributed by atoms with van der Waals surface area (Å²) in [5.41, 5.74) is -0.763. The van der Waals surface area contributed by atoms with Crippen molar-refractivity contribution in [2.45, 2.75) is 50.5 Å². The van der Waals surface area contributed by atoms with Crippen molar-refractivity contribution in [3.8, 4) is 0 Å². The Labute approximate surface area is 137 Å². The maximum Gasteiger partial charge on any atom is 0.225 e. The first-order chi connectivity index (χ1) is 11.1. The maximum atomic E-state index is 12.1. The highest BCUT2D eigenvalue weighted by Crippen LogP contribution is 2.32. The Morgan fingerprint density at radius 3 is 2.78 bits per heavy atom. The fourth-order valence-electron chi connectivity index (χ4n) is 3.70. The lowest BCUT2D eigenvalue weighted by atomic mass is 9.96. The summed E-state index contributed by atoms with van der Waals surface area (Å²) in [7, 11) is 0. The van der Waals surface area contributed by atoms with E-state index in [1.807, 2.05) is 6.07 Å². The monoisotopic (exact) mass is 318 g/mol. The Balaban J connectivity index is 1.45. The van der Waals surface area contributed by atoms with E-state index in [4.69, 9.17) is 0 Å². The molecule has 1 aromatic rings. The Bertz CT molecular complexity index is 517. The van der Waals surface area contributed by atoms with Crippen LogP contribution < -0.4 is 10.2 Å². The molecule has 2 heterocycles. The molecule has 2 aliphatic rings. The molecule has 1 amide bonds. The highest BCUT2D eigenvalue weighted by Gasteiger charge is 2.33. The first kappa shape index (κ1) is 16.2. The number of nitrogens with one attached hydrogen (secondary N) is 1. The van der Waals surface area contributed by atoms with Crippen LogP contribution in [0.4, 0.5) is 5.95 Å². The molecule has 1 aliphatic heterocycles. The van der Waals surface area contributed by atoms with Gasteiger partial charge < -0.3 is 15.3 Å². The Kier molecular flexibility index (Phi) is 5.10. The lowest BCUT2D eigenvalue weighted by Gasteiger charge is -2.33. The molecule has 1 unspecified atom stereocenters. The van der Waals surface area contributed by atoms with Gasteiger partial charge in [-0.1, -0.05) is 12.8 Å². The minimum atomic E-state index is -0.763. The molecule has 126 valence electrons. The Morgan fingerprint density at radius 1 is 1.30 bits per heavy atom. The molecule has 0 radical (unpaired) electrons. The Hall–Kier alpha value is -1.69. The van der Waals surface area contributed by atoms with Crippen molar-refractivity contribution in [3.63, 3.8) is 0 Å². The molecule has 2 N–H and O–H groups in total. The predicted octanol–water partition coefficient (Wildman–Crippen LogP) is 1.50.